The molecule has 2 heterocycles. The van der Waals surface area contributed by atoms with Crippen molar-refractivity contribution in [1.29, 1.82) is 0 Å². The summed E-state index contributed by atoms with van der Waals surface area (Å²) in [5.41, 5.74) is 4.38. The van der Waals surface area contributed by atoms with E-state index in [4.69, 9.17) is 4.98 Å². The zero-order valence-corrected chi connectivity index (χ0v) is 15.3. The lowest BCUT2D eigenvalue weighted by Gasteiger charge is -2.14. The third kappa shape index (κ3) is 2.98. The van der Waals surface area contributed by atoms with Crippen LogP contribution in [0.3, 0.4) is 0 Å². The summed E-state index contributed by atoms with van der Waals surface area (Å²) >= 11 is 0. The van der Waals surface area contributed by atoms with Crippen molar-refractivity contribution in [1.82, 2.24) is 20.1 Å². The Bertz CT molecular complexity index is 954. The van der Waals surface area contributed by atoms with Crippen LogP contribution in [0.15, 0.2) is 36.5 Å². The fraction of sp³-hybridized carbons (Fsp3) is 0.381. The Morgan fingerprint density at radius 1 is 1.27 bits per heavy atom. The Balaban J connectivity index is 1.80. The van der Waals surface area contributed by atoms with Crippen molar-refractivity contribution in [2.24, 2.45) is 0 Å². The third-order valence-corrected chi connectivity index (χ3v) is 5.33. The molecule has 1 aromatic carbocycles. The molecule has 26 heavy (non-hydrogen) atoms. The number of nitrogens with one attached hydrogen (secondary N) is 1. The summed E-state index contributed by atoms with van der Waals surface area (Å²) in [6, 6.07) is 10.1. The van der Waals surface area contributed by atoms with Crippen molar-refractivity contribution in [3.63, 3.8) is 0 Å². The van der Waals surface area contributed by atoms with E-state index in [-0.39, 0.29) is 5.91 Å². The van der Waals surface area contributed by atoms with Crippen molar-refractivity contribution >= 4 is 16.8 Å². The highest BCUT2D eigenvalue weighted by molar-refractivity contribution is 6.07. The maximum Gasteiger partial charge on any atom is 0.252 e. The van der Waals surface area contributed by atoms with E-state index in [0.717, 1.165) is 47.2 Å². The molecule has 1 aliphatic carbocycles. The average Bonchev–Trinajstić information content (AvgIpc) is 3.30. The van der Waals surface area contributed by atoms with Crippen molar-refractivity contribution < 1.29 is 4.79 Å². The van der Waals surface area contributed by atoms with Gasteiger partial charge in [0, 0.05) is 29.2 Å². The van der Waals surface area contributed by atoms with Gasteiger partial charge in [-0.25, -0.2) is 4.98 Å². The van der Waals surface area contributed by atoms with Crippen LogP contribution in [-0.4, -0.2) is 26.7 Å². The predicted molar refractivity (Wildman–Crippen MR) is 103 cm³/mol. The van der Waals surface area contributed by atoms with Gasteiger partial charge in [-0.15, -0.1) is 0 Å². The van der Waals surface area contributed by atoms with E-state index in [2.05, 4.69) is 17.3 Å². The van der Waals surface area contributed by atoms with Gasteiger partial charge in [0.05, 0.1) is 23.0 Å². The van der Waals surface area contributed by atoms with Crippen molar-refractivity contribution in [2.45, 2.75) is 52.1 Å². The number of para-hydroxylation sites is 1. The lowest BCUT2D eigenvalue weighted by Crippen LogP contribution is -2.32. The number of aryl methyl sites for hydroxylation is 1. The van der Waals surface area contributed by atoms with E-state index >= 15 is 0 Å². The minimum atomic E-state index is -0.00251. The summed E-state index contributed by atoms with van der Waals surface area (Å²) in [5.74, 6) is -0.00251. The van der Waals surface area contributed by atoms with Crippen molar-refractivity contribution in [3.05, 3.63) is 47.8 Å². The maximum atomic E-state index is 13.0. The van der Waals surface area contributed by atoms with Crippen molar-refractivity contribution in [3.8, 4) is 11.3 Å². The first-order chi connectivity index (χ1) is 12.7. The van der Waals surface area contributed by atoms with E-state index in [9.17, 15) is 4.79 Å². The summed E-state index contributed by atoms with van der Waals surface area (Å²) in [5, 5.41) is 8.53. The summed E-state index contributed by atoms with van der Waals surface area (Å²) in [4.78, 5) is 17.8. The van der Waals surface area contributed by atoms with Gasteiger partial charge >= 0.3 is 0 Å². The SMILES string of the molecule is CCn1ncc(-c2cc(C(=O)NC3CCCC3)c3ccccc3n2)c1C. The Kier molecular flexibility index (Phi) is 4.45. The molecule has 0 radical (unpaired) electrons. The van der Waals surface area contributed by atoms with Crippen molar-refractivity contribution in [2.75, 3.05) is 0 Å². The number of carbonyl (C=O) groups is 1. The number of rotatable bonds is 4. The summed E-state index contributed by atoms with van der Waals surface area (Å²) in [6.45, 7) is 4.92. The Hall–Kier alpha value is -2.69. The van der Waals surface area contributed by atoms with Crippen LogP contribution in [0, 0.1) is 6.92 Å². The van der Waals surface area contributed by atoms with Crippen LogP contribution in [0.4, 0.5) is 0 Å². The zero-order valence-electron chi connectivity index (χ0n) is 15.3. The fourth-order valence-corrected chi connectivity index (χ4v) is 3.85. The number of hydrogen-bond acceptors (Lipinski definition) is 3. The molecule has 134 valence electrons. The smallest absolute Gasteiger partial charge is 0.252 e. The van der Waals surface area contributed by atoms with Gasteiger partial charge in [0.25, 0.3) is 5.91 Å². The Morgan fingerprint density at radius 2 is 2.04 bits per heavy atom. The van der Waals surface area contributed by atoms with Gasteiger partial charge < -0.3 is 5.32 Å². The molecule has 1 aliphatic rings. The van der Waals surface area contributed by atoms with Gasteiger partial charge in [-0.05, 0) is 38.8 Å². The number of nitrogens with zero attached hydrogens (tertiary/aromatic N) is 3. The summed E-state index contributed by atoms with van der Waals surface area (Å²) in [6.07, 6.45) is 6.38. The number of carbonyl (C=O) groups excluding carboxylic acids is 1. The molecule has 4 rings (SSSR count). The molecule has 5 heteroatoms. The second-order valence-electron chi connectivity index (χ2n) is 6.99. The maximum absolute atomic E-state index is 13.0. The summed E-state index contributed by atoms with van der Waals surface area (Å²) < 4.78 is 1.95. The molecule has 3 aromatic rings. The monoisotopic (exact) mass is 348 g/mol. The van der Waals surface area contributed by atoms with Crippen LogP contribution in [0.25, 0.3) is 22.2 Å². The topological polar surface area (TPSA) is 59.8 Å². The van der Waals surface area contributed by atoms with E-state index < -0.39 is 0 Å². The third-order valence-electron chi connectivity index (χ3n) is 5.33. The lowest BCUT2D eigenvalue weighted by atomic mass is 10.0. The van der Waals surface area contributed by atoms with E-state index in [1.165, 1.54) is 12.8 Å². The van der Waals surface area contributed by atoms with Crippen LogP contribution >= 0.6 is 0 Å². The quantitative estimate of drug-likeness (QED) is 0.772. The van der Waals surface area contributed by atoms with E-state index in [1.807, 2.05) is 48.1 Å². The van der Waals surface area contributed by atoms with Crippen LogP contribution in [0.2, 0.25) is 0 Å². The van der Waals surface area contributed by atoms with E-state index in [1.54, 1.807) is 0 Å². The van der Waals surface area contributed by atoms with Gasteiger partial charge in [0.2, 0.25) is 0 Å². The fourth-order valence-electron chi connectivity index (χ4n) is 3.85. The second-order valence-corrected chi connectivity index (χ2v) is 6.99. The first-order valence-corrected chi connectivity index (χ1v) is 9.41. The second kappa shape index (κ2) is 6.90. The average molecular weight is 348 g/mol. The molecular weight excluding hydrogens is 324 g/mol. The number of hydrogen-bond donors (Lipinski definition) is 1. The largest absolute Gasteiger partial charge is 0.349 e. The molecule has 1 amide bonds. The standard InChI is InChI=1S/C21H24N4O/c1-3-25-14(2)18(13-22-25)20-12-17(16-10-6-7-11-19(16)24-20)21(26)23-15-8-4-5-9-15/h6-7,10-13,15H,3-5,8-9H2,1-2H3,(H,23,26). The molecule has 0 atom stereocenters. The first kappa shape index (κ1) is 16.8. The van der Waals surface area contributed by atoms with Gasteiger partial charge in [0.15, 0.2) is 0 Å². The molecule has 2 aromatic heterocycles. The highest BCUT2D eigenvalue weighted by atomic mass is 16.1. The Morgan fingerprint density at radius 3 is 2.77 bits per heavy atom. The van der Waals surface area contributed by atoms with E-state index in [0.29, 0.717) is 11.6 Å². The molecule has 5 nitrogen and oxygen atoms in total. The highest BCUT2D eigenvalue weighted by Crippen LogP contribution is 2.27. The number of amides is 1. The molecule has 1 fully saturated rings. The molecule has 0 aliphatic heterocycles. The molecule has 0 saturated heterocycles. The highest BCUT2D eigenvalue weighted by Gasteiger charge is 2.21. The number of aromatic nitrogens is 3. The zero-order chi connectivity index (χ0) is 18.1. The molecule has 0 bridgehead atoms. The van der Waals surface area contributed by atoms with Gasteiger partial charge in [-0.2, -0.15) is 5.10 Å². The van der Waals surface area contributed by atoms with Gasteiger partial charge in [0.1, 0.15) is 0 Å². The molecule has 1 saturated carbocycles. The van der Waals surface area contributed by atoms with Crippen LogP contribution in [-0.2, 0) is 6.54 Å². The molecule has 0 spiro atoms. The lowest BCUT2D eigenvalue weighted by molar-refractivity contribution is 0.0939. The minimum absolute atomic E-state index is 0.00251. The number of fused-ring (bicyclic) bond motifs is 1. The minimum Gasteiger partial charge on any atom is -0.349 e. The first-order valence-electron chi connectivity index (χ1n) is 9.41. The van der Waals surface area contributed by atoms with Crippen LogP contribution < -0.4 is 5.32 Å². The number of pyridine rings is 1. The Labute approximate surface area is 153 Å². The number of benzene rings is 1. The van der Waals surface area contributed by atoms with Crippen LogP contribution in [0.5, 0.6) is 0 Å². The molecule has 0 unspecified atom stereocenters. The predicted octanol–water partition coefficient (Wildman–Crippen LogP) is 4.10. The molecule has 1 N–H and O–H groups in total. The van der Waals surface area contributed by atoms with Crippen LogP contribution in [0.1, 0.15) is 48.7 Å². The van der Waals surface area contributed by atoms with Gasteiger partial charge in [-0.1, -0.05) is 31.0 Å². The normalized spacial score (nSPS) is 14.8. The van der Waals surface area contributed by atoms with Gasteiger partial charge in [-0.3, -0.25) is 9.48 Å². The summed E-state index contributed by atoms with van der Waals surface area (Å²) in [7, 11) is 0. The molecular formula is C21H24N4O.